The highest BCUT2D eigenvalue weighted by Crippen LogP contribution is 2.48. The van der Waals surface area contributed by atoms with Gasteiger partial charge in [0.2, 0.25) is 11.9 Å². The first kappa shape index (κ1) is 16.9. The Balaban J connectivity index is 1.28. The number of carbonyl (C=O) groups excluding carboxylic acids is 1. The van der Waals surface area contributed by atoms with Crippen LogP contribution in [0, 0.1) is 11.8 Å². The zero-order valence-corrected chi connectivity index (χ0v) is 14.6. The number of nitrogens with zero attached hydrogens (tertiary/aromatic N) is 3. The van der Waals surface area contributed by atoms with E-state index in [1.807, 2.05) is 18.2 Å². The number of rotatable bonds is 5. The summed E-state index contributed by atoms with van der Waals surface area (Å²) in [6, 6.07) is 11.9. The van der Waals surface area contributed by atoms with E-state index in [4.69, 9.17) is 0 Å². The molecule has 1 saturated carbocycles. The van der Waals surface area contributed by atoms with Crippen LogP contribution in [0.25, 0.3) is 0 Å². The van der Waals surface area contributed by atoms with Crippen LogP contribution in [0.15, 0.2) is 48.8 Å². The van der Waals surface area contributed by atoms with E-state index in [0.717, 1.165) is 6.42 Å². The Morgan fingerprint density at radius 1 is 1.19 bits per heavy atom. The lowest BCUT2D eigenvalue weighted by Crippen LogP contribution is -2.47. The molecule has 1 aromatic heterocycles. The van der Waals surface area contributed by atoms with Crippen molar-refractivity contribution < 1.29 is 9.18 Å². The summed E-state index contributed by atoms with van der Waals surface area (Å²) in [5.41, 5.74) is 1.21. The highest BCUT2D eigenvalue weighted by atomic mass is 18.2. The van der Waals surface area contributed by atoms with Gasteiger partial charge in [-0.2, -0.15) is 0 Å². The third-order valence-corrected chi connectivity index (χ3v) is 5.41. The number of alkyl halides is 1. The van der Waals surface area contributed by atoms with Crippen molar-refractivity contribution in [2.24, 2.45) is 11.8 Å². The molecule has 0 unspecified atom stereocenters. The van der Waals surface area contributed by atoms with Gasteiger partial charge in [-0.3, -0.25) is 4.79 Å². The van der Waals surface area contributed by atoms with Gasteiger partial charge in [-0.25, -0.2) is 14.4 Å². The molecule has 0 bridgehead atoms. The Labute approximate surface area is 152 Å². The molecule has 4 atom stereocenters. The van der Waals surface area contributed by atoms with Crippen LogP contribution in [-0.2, 0) is 4.79 Å². The fraction of sp³-hybridized carbons (Fsp3) is 0.450. The lowest BCUT2D eigenvalue weighted by atomic mass is 9.94. The molecule has 1 aliphatic carbocycles. The smallest absolute Gasteiger partial charge is 0.226 e. The number of likely N-dealkylation sites (tertiary alicyclic amines) is 1. The summed E-state index contributed by atoms with van der Waals surface area (Å²) in [4.78, 5) is 22.6. The molecule has 2 aromatic rings. The molecule has 1 amide bonds. The topological polar surface area (TPSA) is 58.1 Å². The minimum absolute atomic E-state index is 0.0250. The van der Waals surface area contributed by atoms with Crippen molar-refractivity contribution in [3.63, 3.8) is 0 Å². The van der Waals surface area contributed by atoms with Gasteiger partial charge >= 0.3 is 0 Å². The van der Waals surface area contributed by atoms with Gasteiger partial charge in [0.15, 0.2) is 0 Å². The molecule has 1 saturated heterocycles. The monoisotopic (exact) mass is 353 g/mol. The van der Waals surface area contributed by atoms with Crippen molar-refractivity contribution in [2.45, 2.75) is 24.9 Å². The predicted molar refractivity (Wildman–Crippen MR) is 97.4 cm³/mol. The van der Waals surface area contributed by atoms with Gasteiger partial charge in [0, 0.05) is 37.3 Å². The molecular weight excluding hydrogens is 330 g/mol. The van der Waals surface area contributed by atoms with Crippen molar-refractivity contribution in [2.75, 3.05) is 25.0 Å². The molecule has 1 N–H and O–H groups in total. The molecular formula is C20H23FN4O. The van der Waals surface area contributed by atoms with Crippen LogP contribution in [-0.4, -0.2) is 46.6 Å². The summed E-state index contributed by atoms with van der Waals surface area (Å²) in [5, 5.41) is 3.09. The molecule has 1 aromatic carbocycles. The Hall–Kier alpha value is -2.50. The minimum Gasteiger partial charge on any atom is -0.354 e. The largest absolute Gasteiger partial charge is 0.354 e. The third-order valence-electron chi connectivity index (χ3n) is 5.41. The Morgan fingerprint density at radius 2 is 1.96 bits per heavy atom. The number of benzene rings is 1. The summed E-state index contributed by atoms with van der Waals surface area (Å²) in [7, 11) is 0. The van der Waals surface area contributed by atoms with Crippen LogP contribution in [0.2, 0.25) is 0 Å². The second-order valence-electron chi connectivity index (χ2n) is 7.16. The maximum absolute atomic E-state index is 14.6. The van der Waals surface area contributed by atoms with Gasteiger partial charge in [-0.05, 0) is 30.4 Å². The summed E-state index contributed by atoms with van der Waals surface area (Å²) in [6.07, 6.45) is 3.84. The van der Waals surface area contributed by atoms with E-state index in [-0.39, 0.29) is 24.3 Å². The average molecular weight is 353 g/mol. The van der Waals surface area contributed by atoms with E-state index >= 15 is 0 Å². The molecule has 0 spiro atoms. The maximum Gasteiger partial charge on any atom is 0.226 e. The second kappa shape index (κ2) is 7.40. The lowest BCUT2D eigenvalue weighted by Gasteiger charge is -2.35. The average Bonchev–Trinajstić information content (AvgIpc) is 3.49. The minimum atomic E-state index is -1.02. The van der Waals surface area contributed by atoms with Crippen LogP contribution in [0.4, 0.5) is 10.3 Å². The van der Waals surface area contributed by atoms with Crippen molar-refractivity contribution >= 4 is 11.9 Å². The quantitative estimate of drug-likeness (QED) is 0.898. The van der Waals surface area contributed by atoms with Crippen LogP contribution >= 0.6 is 0 Å². The zero-order valence-electron chi connectivity index (χ0n) is 14.6. The fourth-order valence-electron chi connectivity index (χ4n) is 3.77. The normalized spacial score (nSPS) is 27.8. The van der Waals surface area contributed by atoms with E-state index in [1.165, 1.54) is 5.56 Å². The van der Waals surface area contributed by atoms with Crippen molar-refractivity contribution in [1.29, 1.82) is 0 Å². The molecule has 0 radical (unpaired) electrons. The van der Waals surface area contributed by atoms with Crippen LogP contribution in [0.1, 0.15) is 24.3 Å². The number of halogens is 1. The van der Waals surface area contributed by atoms with Gasteiger partial charge in [0.25, 0.3) is 0 Å². The van der Waals surface area contributed by atoms with Crippen LogP contribution in [0.3, 0.4) is 0 Å². The maximum atomic E-state index is 14.6. The lowest BCUT2D eigenvalue weighted by molar-refractivity contribution is -0.135. The van der Waals surface area contributed by atoms with Gasteiger partial charge in [0.05, 0.1) is 6.54 Å². The van der Waals surface area contributed by atoms with E-state index < -0.39 is 6.17 Å². The van der Waals surface area contributed by atoms with Crippen molar-refractivity contribution in [3.05, 3.63) is 54.4 Å². The van der Waals surface area contributed by atoms with Gasteiger partial charge in [-0.1, -0.05) is 30.3 Å². The van der Waals surface area contributed by atoms with Gasteiger partial charge in [0.1, 0.15) is 6.17 Å². The first-order valence-electron chi connectivity index (χ1n) is 9.21. The summed E-state index contributed by atoms with van der Waals surface area (Å²) in [5.74, 6) is 0.835. The number of carbonyl (C=O) groups is 1. The second-order valence-corrected chi connectivity index (χ2v) is 7.16. The molecule has 2 heterocycles. The van der Waals surface area contributed by atoms with E-state index in [9.17, 15) is 9.18 Å². The van der Waals surface area contributed by atoms with Crippen LogP contribution in [0.5, 0.6) is 0 Å². The molecule has 5 nitrogen and oxygen atoms in total. The fourth-order valence-corrected chi connectivity index (χ4v) is 3.77. The SMILES string of the molecule is O=C([C@H]1C[C@@H]1c1ccccc1)N1CC[C@H](CNc2ncccn2)[C@@H]([18F])C1. The molecule has 136 valence electrons. The first-order valence-corrected chi connectivity index (χ1v) is 9.21. The molecule has 4 rings (SSSR count). The number of nitrogens with one attached hydrogen (secondary N) is 1. The highest BCUT2D eigenvalue weighted by Gasteiger charge is 2.46. The standard InChI is InChI=1S/C20H23FN4O/c21-18-13-25(10-7-15(18)12-24-20-22-8-4-9-23-20)19(26)17-11-16(17)14-5-2-1-3-6-14/h1-6,8-9,15-18H,7,10-13H2,(H,22,23,24)/t15-,16-,17+,18+/m1/s1/i21-1. The van der Waals surface area contributed by atoms with Crippen LogP contribution < -0.4 is 5.32 Å². The molecule has 26 heavy (non-hydrogen) atoms. The third kappa shape index (κ3) is 3.69. The summed E-state index contributed by atoms with van der Waals surface area (Å²) in [6.45, 7) is 1.31. The Kier molecular flexibility index (Phi) is 4.82. The number of amides is 1. The predicted octanol–water partition coefficient (Wildman–Crippen LogP) is 2.88. The van der Waals surface area contributed by atoms with Gasteiger partial charge < -0.3 is 10.2 Å². The Bertz CT molecular complexity index is 742. The number of piperidine rings is 1. The Morgan fingerprint density at radius 3 is 2.69 bits per heavy atom. The summed E-state index contributed by atoms with van der Waals surface area (Å²) >= 11 is 0. The number of hydrogen-bond donors (Lipinski definition) is 1. The summed E-state index contributed by atoms with van der Waals surface area (Å²) < 4.78 is 14.6. The number of anilines is 1. The van der Waals surface area contributed by atoms with E-state index in [1.54, 1.807) is 23.4 Å². The molecule has 1 aliphatic heterocycles. The molecule has 2 fully saturated rings. The number of hydrogen-bond acceptors (Lipinski definition) is 4. The van der Waals surface area contributed by atoms with E-state index in [2.05, 4.69) is 27.4 Å². The van der Waals surface area contributed by atoms with Gasteiger partial charge in [-0.15, -0.1) is 0 Å². The zero-order chi connectivity index (χ0) is 17.9. The first-order chi connectivity index (χ1) is 12.7. The molecule has 6 heteroatoms. The molecule has 2 aliphatic rings. The van der Waals surface area contributed by atoms with Crippen molar-refractivity contribution in [1.82, 2.24) is 14.9 Å². The highest BCUT2D eigenvalue weighted by molar-refractivity contribution is 5.83. The number of aromatic nitrogens is 2. The van der Waals surface area contributed by atoms with E-state index in [0.29, 0.717) is 31.4 Å². The van der Waals surface area contributed by atoms with Crippen molar-refractivity contribution in [3.8, 4) is 0 Å².